The van der Waals surface area contributed by atoms with Crippen molar-refractivity contribution in [1.29, 1.82) is 0 Å². The predicted octanol–water partition coefficient (Wildman–Crippen LogP) is 5.12. The van der Waals surface area contributed by atoms with Crippen LogP contribution >= 0.6 is 23.4 Å². The zero-order chi connectivity index (χ0) is 20.9. The van der Waals surface area contributed by atoms with Gasteiger partial charge in [-0.3, -0.25) is 4.90 Å². The number of para-hydroxylation sites is 1. The highest BCUT2D eigenvalue weighted by Gasteiger charge is 2.24. The molecule has 0 spiro atoms. The Hall–Kier alpha value is -1.93. The largest absolute Gasteiger partial charge is 0.506 e. The van der Waals surface area contributed by atoms with E-state index in [1.807, 2.05) is 12.1 Å². The first kappa shape index (κ1) is 21.3. The van der Waals surface area contributed by atoms with E-state index in [0.29, 0.717) is 19.8 Å². The molecule has 4 rings (SSSR count). The summed E-state index contributed by atoms with van der Waals surface area (Å²) in [5.41, 5.74) is 2.28. The standard InChI is InChI=1S/C22H25ClN2O4S/c23-16-7-8-21-19(14-16)25(18-5-1-2-6-20(18)30-21)11-13-28-12-10-24-9-3-4-17(15-24)29-22(26)27/h1-2,5-8,14,17H,3-4,9-13,15H2,(H,26,27)/t17-/m1/s1. The summed E-state index contributed by atoms with van der Waals surface area (Å²) >= 11 is 8.02. The number of hydrogen-bond acceptors (Lipinski definition) is 6. The van der Waals surface area contributed by atoms with E-state index in [1.54, 1.807) is 11.8 Å². The second kappa shape index (κ2) is 9.92. The van der Waals surface area contributed by atoms with Crippen LogP contribution in [0.1, 0.15) is 12.8 Å². The Labute approximate surface area is 185 Å². The summed E-state index contributed by atoms with van der Waals surface area (Å²) < 4.78 is 10.9. The molecule has 0 amide bonds. The van der Waals surface area contributed by atoms with Crippen molar-refractivity contribution in [3.05, 3.63) is 47.5 Å². The third kappa shape index (κ3) is 5.21. The topological polar surface area (TPSA) is 62.2 Å². The summed E-state index contributed by atoms with van der Waals surface area (Å²) in [5.74, 6) is 0. The smallest absolute Gasteiger partial charge is 0.450 e. The molecule has 0 radical (unpaired) electrons. The Morgan fingerprint density at radius 3 is 2.80 bits per heavy atom. The van der Waals surface area contributed by atoms with Crippen LogP contribution in [0.25, 0.3) is 0 Å². The Morgan fingerprint density at radius 1 is 1.13 bits per heavy atom. The van der Waals surface area contributed by atoms with Crippen molar-refractivity contribution in [2.75, 3.05) is 44.3 Å². The molecule has 2 aromatic rings. The maximum absolute atomic E-state index is 10.7. The molecule has 2 heterocycles. The number of hydrogen-bond donors (Lipinski definition) is 1. The van der Waals surface area contributed by atoms with Gasteiger partial charge in [-0.25, -0.2) is 4.79 Å². The van der Waals surface area contributed by atoms with Gasteiger partial charge in [0.2, 0.25) is 0 Å². The van der Waals surface area contributed by atoms with Gasteiger partial charge in [0, 0.05) is 34.4 Å². The lowest BCUT2D eigenvalue weighted by Gasteiger charge is -2.33. The van der Waals surface area contributed by atoms with E-state index >= 15 is 0 Å². The second-order valence-corrected chi connectivity index (χ2v) is 8.91. The highest BCUT2D eigenvalue weighted by Crippen LogP contribution is 2.48. The molecule has 160 valence electrons. The quantitative estimate of drug-likeness (QED) is 0.466. The third-order valence-electron chi connectivity index (χ3n) is 5.33. The van der Waals surface area contributed by atoms with Crippen molar-refractivity contribution in [3.63, 3.8) is 0 Å². The van der Waals surface area contributed by atoms with Gasteiger partial charge in [0.25, 0.3) is 0 Å². The fourth-order valence-electron chi connectivity index (χ4n) is 3.95. The van der Waals surface area contributed by atoms with E-state index in [-0.39, 0.29) is 6.10 Å². The molecule has 2 aliphatic rings. The Bertz CT molecular complexity index is 897. The maximum atomic E-state index is 10.7. The SMILES string of the molecule is O=C(O)O[C@@H]1CCCN(CCOCCN2c3ccccc3Sc3ccc(Cl)cc32)C1. The molecular weight excluding hydrogens is 424 g/mol. The van der Waals surface area contributed by atoms with Crippen LogP contribution in [0.5, 0.6) is 0 Å². The van der Waals surface area contributed by atoms with E-state index in [4.69, 9.17) is 26.2 Å². The molecule has 8 heteroatoms. The molecule has 1 fully saturated rings. The van der Waals surface area contributed by atoms with Crippen molar-refractivity contribution >= 4 is 40.9 Å². The van der Waals surface area contributed by atoms with Gasteiger partial charge in [0.15, 0.2) is 0 Å². The third-order valence-corrected chi connectivity index (χ3v) is 6.69. The monoisotopic (exact) mass is 448 g/mol. The van der Waals surface area contributed by atoms with Crippen LogP contribution in [-0.2, 0) is 9.47 Å². The number of halogens is 1. The summed E-state index contributed by atoms with van der Waals surface area (Å²) in [6, 6.07) is 14.4. The zero-order valence-corrected chi connectivity index (χ0v) is 18.2. The van der Waals surface area contributed by atoms with Crippen molar-refractivity contribution in [2.24, 2.45) is 0 Å². The average Bonchev–Trinajstić information content (AvgIpc) is 2.73. The Morgan fingerprint density at radius 2 is 1.93 bits per heavy atom. The molecule has 2 aliphatic heterocycles. The zero-order valence-electron chi connectivity index (χ0n) is 16.6. The summed E-state index contributed by atoms with van der Waals surface area (Å²) in [6.45, 7) is 4.29. The van der Waals surface area contributed by atoms with Crippen molar-refractivity contribution in [2.45, 2.75) is 28.7 Å². The van der Waals surface area contributed by atoms with Crippen LogP contribution in [0, 0.1) is 0 Å². The van der Waals surface area contributed by atoms with Gasteiger partial charge in [0.1, 0.15) is 6.10 Å². The number of carbonyl (C=O) groups is 1. The lowest BCUT2D eigenvalue weighted by Crippen LogP contribution is -2.42. The molecule has 0 unspecified atom stereocenters. The van der Waals surface area contributed by atoms with Crippen molar-refractivity contribution < 1.29 is 19.4 Å². The first-order valence-corrected chi connectivity index (χ1v) is 11.3. The number of piperidine rings is 1. The van der Waals surface area contributed by atoms with Gasteiger partial charge < -0.3 is 19.5 Å². The van der Waals surface area contributed by atoms with Crippen LogP contribution in [0.3, 0.4) is 0 Å². The summed E-state index contributed by atoms with van der Waals surface area (Å²) in [4.78, 5) is 17.6. The Balaban J connectivity index is 1.30. The molecule has 0 bridgehead atoms. The van der Waals surface area contributed by atoms with Crippen molar-refractivity contribution in [1.82, 2.24) is 4.90 Å². The van der Waals surface area contributed by atoms with Crippen LogP contribution in [0.15, 0.2) is 52.3 Å². The molecule has 1 saturated heterocycles. The van der Waals surface area contributed by atoms with E-state index in [2.05, 4.69) is 40.1 Å². The van der Waals surface area contributed by atoms with Gasteiger partial charge in [-0.1, -0.05) is 35.5 Å². The van der Waals surface area contributed by atoms with E-state index in [9.17, 15) is 4.79 Å². The van der Waals surface area contributed by atoms with E-state index in [0.717, 1.165) is 43.2 Å². The summed E-state index contributed by atoms with van der Waals surface area (Å²) in [6.07, 6.45) is 0.300. The Kier molecular flexibility index (Phi) is 7.04. The van der Waals surface area contributed by atoms with Gasteiger partial charge >= 0.3 is 6.16 Å². The minimum absolute atomic E-state index is 0.236. The number of carboxylic acid groups (broad SMARTS) is 1. The fourth-order valence-corrected chi connectivity index (χ4v) is 5.19. The molecule has 0 saturated carbocycles. The molecule has 1 N–H and O–H groups in total. The molecule has 0 aliphatic carbocycles. The molecule has 0 aromatic heterocycles. The minimum atomic E-state index is -1.20. The van der Waals surface area contributed by atoms with Crippen LogP contribution in [-0.4, -0.2) is 61.7 Å². The van der Waals surface area contributed by atoms with E-state index in [1.165, 1.54) is 15.5 Å². The maximum Gasteiger partial charge on any atom is 0.506 e. The summed E-state index contributed by atoms with van der Waals surface area (Å²) in [5, 5.41) is 9.52. The van der Waals surface area contributed by atoms with Gasteiger partial charge in [-0.15, -0.1) is 0 Å². The number of anilines is 2. The van der Waals surface area contributed by atoms with Crippen molar-refractivity contribution in [3.8, 4) is 0 Å². The number of fused-ring (bicyclic) bond motifs is 2. The second-order valence-electron chi connectivity index (χ2n) is 7.39. The molecule has 30 heavy (non-hydrogen) atoms. The number of benzene rings is 2. The van der Waals surface area contributed by atoms with Crippen LogP contribution < -0.4 is 4.90 Å². The highest BCUT2D eigenvalue weighted by molar-refractivity contribution is 7.99. The molecule has 1 atom stereocenters. The van der Waals surface area contributed by atoms with Gasteiger partial charge in [0.05, 0.1) is 24.6 Å². The first-order chi connectivity index (χ1) is 14.6. The fraction of sp³-hybridized carbons (Fsp3) is 0.409. The van der Waals surface area contributed by atoms with Crippen LogP contribution in [0.2, 0.25) is 5.02 Å². The number of rotatable bonds is 7. The molecule has 2 aromatic carbocycles. The highest BCUT2D eigenvalue weighted by atomic mass is 35.5. The van der Waals surface area contributed by atoms with Gasteiger partial charge in [-0.2, -0.15) is 0 Å². The molecule has 6 nitrogen and oxygen atoms in total. The van der Waals surface area contributed by atoms with Crippen LogP contribution in [0.4, 0.5) is 16.2 Å². The normalized spacial score (nSPS) is 18.6. The average molecular weight is 449 g/mol. The first-order valence-electron chi connectivity index (χ1n) is 10.1. The summed E-state index contributed by atoms with van der Waals surface area (Å²) in [7, 11) is 0. The number of ether oxygens (including phenoxy) is 2. The minimum Gasteiger partial charge on any atom is -0.450 e. The predicted molar refractivity (Wildman–Crippen MR) is 118 cm³/mol. The lowest BCUT2D eigenvalue weighted by atomic mass is 10.1. The lowest BCUT2D eigenvalue weighted by molar-refractivity contribution is 0.00621. The van der Waals surface area contributed by atoms with Gasteiger partial charge in [-0.05, 0) is 49.7 Å². The number of likely N-dealkylation sites (tertiary alicyclic amines) is 1. The number of nitrogens with zero attached hydrogens (tertiary/aromatic N) is 2. The molecular formula is C22H25ClN2O4S. The van der Waals surface area contributed by atoms with E-state index < -0.39 is 6.16 Å².